The van der Waals surface area contributed by atoms with Crippen molar-refractivity contribution < 1.29 is 34.1 Å². The fourth-order valence-electron chi connectivity index (χ4n) is 6.33. The number of nitrogens with zero attached hydrogens (tertiary/aromatic N) is 1. The number of fused-ring (bicyclic) bond motifs is 4. The summed E-state index contributed by atoms with van der Waals surface area (Å²) in [5.41, 5.74) is 0.148. The van der Waals surface area contributed by atoms with Crippen LogP contribution in [0.5, 0.6) is 17.2 Å². The summed E-state index contributed by atoms with van der Waals surface area (Å²) in [7, 11) is 0. The Hall–Kier alpha value is -4.86. The Labute approximate surface area is 241 Å². The monoisotopic (exact) mass is 569 g/mol. The molecule has 6 rings (SSSR count). The minimum atomic E-state index is -1.57. The summed E-state index contributed by atoms with van der Waals surface area (Å²) in [6.45, 7) is 6.91. The Morgan fingerprint density at radius 1 is 1.10 bits per heavy atom. The number of aromatic nitrogens is 1. The predicted octanol–water partition coefficient (Wildman–Crippen LogP) is 3.94. The Morgan fingerprint density at radius 2 is 1.79 bits per heavy atom. The van der Waals surface area contributed by atoms with E-state index in [4.69, 9.17) is 4.74 Å². The van der Waals surface area contributed by atoms with Gasteiger partial charge in [0.05, 0.1) is 11.1 Å². The molecular formula is C32H31N3O7. The highest BCUT2D eigenvalue weighted by Crippen LogP contribution is 2.57. The fourth-order valence-corrected chi connectivity index (χ4v) is 6.33. The summed E-state index contributed by atoms with van der Waals surface area (Å²) in [5, 5.41) is 25.8. The van der Waals surface area contributed by atoms with Gasteiger partial charge in [-0.15, -0.1) is 0 Å². The van der Waals surface area contributed by atoms with Crippen molar-refractivity contribution in [2.75, 3.05) is 13.1 Å². The van der Waals surface area contributed by atoms with Crippen molar-refractivity contribution >= 4 is 34.2 Å². The molecule has 10 nitrogen and oxygen atoms in total. The number of ether oxygens (including phenoxy) is 1. The molecule has 0 spiro atoms. The van der Waals surface area contributed by atoms with Gasteiger partial charge in [-0.1, -0.05) is 18.2 Å². The maximum Gasteiger partial charge on any atom is 0.270 e. The molecule has 0 radical (unpaired) electrons. The third-order valence-electron chi connectivity index (χ3n) is 8.72. The summed E-state index contributed by atoms with van der Waals surface area (Å²) in [6.07, 6.45) is 2.44. The first-order chi connectivity index (χ1) is 19.9. The van der Waals surface area contributed by atoms with Crippen LogP contribution in [0.15, 0.2) is 53.4 Å². The van der Waals surface area contributed by atoms with E-state index in [1.54, 1.807) is 18.7 Å². The van der Waals surface area contributed by atoms with Crippen LogP contribution in [0.3, 0.4) is 0 Å². The number of carbonyl (C=O) groups excluding carboxylic acids is 4. The summed E-state index contributed by atoms with van der Waals surface area (Å²) in [5.74, 6) is -2.61. The number of hydrogen-bond donors (Lipinski definition) is 4. The molecule has 3 heterocycles. The van der Waals surface area contributed by atoms with E-state index in [1.807, 2.05) is 30.3 Å². The number of ketones is 3. The quantitative estimate of drug-likeness (QED) is 0.210. The molecule has 1 aliphatic carbocycles. The van der Waals surface area contributed by atoms with Crippen LogP contribution >= 0.6 is 0 Å². The van der Waals surface area contributed by atoms with Crippen LogP contribution < -0.4 is 10.1 Å². The average molecular weight is 570 g/mol. The number of amides is 1. The van der Waals surface area contributed by atoms with Gasteiger partial charge < -0.3 is 30.2 Å². The second-order valence-electron chi connectivity index (χ2n) is 11.4. The molecule has 1 atom stereocenters. The van der Waals surface area contributed by atoms with Gasteiger partial charge in [0, 0.05) is 47.4 Å². The molecule has 2 aromatic carbocycles. The van der Waals surface area contributed by atoms with Gasteiger partial charge in [0.2, 0.25) is 0 Å². The Balaban J connectivity index is 1.24. The number of allylic oxidation sites excluding steroid dienone is 4. The summed E-state index contributed by atoms with van der Waals surface area (Å²) in [6, 6.07) is 9.49. The van der Waals surface area contributed by atoms with Crippen molar-refractivity contribution in [3.63, 3.8) is 0 Å². The van der Waals surface area contributed by atoms with Crippen LogP contribution in [0, 0.1) is 6.92 Å². The van der Waals surface area contributed by atoms with Gasteiger partial charge in [-0.05, 0) is 52.7 Å². The van der Waals surface area contributed by atoms with E-state index in [2.05, 4.69) is 10.3 Å². The Kier molecular flexibility index (Phi) is 6.25. The minimum Gasteiger partial charge on any atom is -0.507 e. The average Bonchev–Trinajstić information content (AvgIpc) is 3.51. The van der Waals surface area contributed by atoms with E-state index in [1.165, 1.54) is 19.9 Å². The zero-order chi connectivity index (χ0) is 30.1. The summed E-state index contributed by atoms with van der Waals surface area (Å²) in [4.78, 5) is 57.7. The van der Waals surface area contributed by atoms with E-state index in [9.17, 15) is 29.4 Å². The first-order valence-electron chi connectivity index (χ1n) is 13.9. The van der Waals surface area contributed by atoms with E-state index < -0.39 is 28.5 Å². The first-order valence-corrected chi connectivity index (χ1v) is 13.9. The van der Waals surface area contributed by atoms with Gasteiger partial charge in [0.1, 0.15) is 39.7 Å². The lowest BCUT2D eigenvalue weighted by Crippen LogP contribution is -2.46. The fraction of sp³-hybridized carbons (Fsp3) is 0.312. The van der Waals surface area contributed by atoms with E-state index in [-0.39, 0.29) is 51.5 Å². The van der Waals surface area contributed by atoms with E-state index in [0.29, 0.717) is 37.3 Å². The molecule has 4 N–H and O–H groups in total. The van der Waals surface area contributed by atoms with Crippen molar-refractivity contribution in [1.82, 2.24) is 15.2 Å². The highest BCUT2D eigenvalue weighted by Gasteiger charge is 2.56. The van der Waals surface area contributed by atoms with Crippen LogP contribution in [-0.4, -0.2) is 62.5 Å². The highest BCUT2D eigenvalue weighted by atomic mass is 16.5. The summed E-state index contributed by atoms with van der Waals surface area (Å²) < 4.78 is 5.83. The molecule has 1 saturated heterocycles. The number of phenols is 2. The Bertz CT molecular complexity index is 1760. The standard InChI is InChI=1S/C32H31N3O7/c1-15-27(38)25(17(3)36)29-26(28(15)39)32(4)23(42-29)14-22(37)24(30(32)40)16(2)33-19-9-11-35(12-10-19)31(41)21-13-18-7-5-6-8-20(18)34-21/h5-8,13-14,19,33-34,38-39H,9-12H2,1-4H3/t32-/m0/s1. The number of likely N-dealkylation sites (tertiary alicyclic amines) is 1. The largest absolute Gasteiger partial charge is 0.507 e. The van der Waals surface area contributed by atoms with Crippen molar-refractivity contribution in [2.24, 2.45) is 0 Å². The third kappa shape index (κ3) is 3.93. The number of benzene rings is 2. The first kappa shape index (κ1) is 27.3. The van der Waals surface area contributed by atoms with E-state index in [0.717, 1.165) is 10.9 Å². The molecule has 1 fully saturated rings. The number of phenolic OH excluding ortho intramolecular Hbond substituents is 2. The number of aromatic amines is 1. The lowest BCUT2D eigenvalue weighted by Gasteiger charge is -2.34. The molecule has 2 aliphatic heterocycles. The molecular weight excluding hydrogens is 538 g/mol. The minimum absolute atomic E-state index is 0.00403. The molecule has 1 amide bonds. The lowest BCUT2D eigenvalue weighted by atomic mass is 9.70. The second kappa shape index (κ2) is 9.61. The number of carbonyl (C=O) groups is 4. The van der Waals surface area contributed by atoms with E-state index >= 15 is 0 Å². The number of nitrogens with one attached hydrogen (secondary N) is 2. The van der Waals surface area contributed by atoms with Gasteiger partial charge in [-0.25, -0.2) is 0 Å². The molecule has 3 aromatic rings. The number of para-hydroxylation sites is 1. The zero-order valence-corrected chi connectivity index (χ0v) is 23.8. The van der Waals surface area contributed by atoms with Gasteiger partial charge in [0.15, 0.2) is 17.3 Å². The van der Waals surface area contributed by atoms with Gasteiger partial charge in [-0.3, -0.25) is 19.2 Å². The molecule has 3 aliphatic rings. The topological polar surface area (TPSA) is 149 Å². The maximum absolute atomic E-state index is 14.0. The second-order valence-corrected chi connectivity index (χ2v) is 11.4. The van der Waals surface area contributed by atoms with Crippen LogP contribution in [-0.2, 0) is 15.0 Å². The molecule has 42 heavy (non-hydrogen) atoms. The molecule has 1 aromatic heterocycles. The van der Waals surface area contributed by atoms with Crippen LogP contribution in [0.25, 0.3) is 10.9 Å². The molecule has 0 saturated carbocycles. The van der Waals surface area contributed by atoms with Crippen LogP contribution in [0.1, 0.15) is 65.6 Å². The maximum atomic E-state index is 14.0. The van der Waals surface area contributed by atoms with Crippen molar-refractivity contribution in [3.8, 4) is 17.2 Å². The zero-order valence-electron chi connectivity index (χ0n) is 23.8. The molecule has 0 unspecified atom stereocenters. The van der Waals surface area contributed by atoms with Gasteiger partial charge in [-0.2, -0.15) is 0 Å². The van der Waals surface area contributed by atoms with Crippen LogP contribution in [0.2, 0.25) is 0 Å². The third-order valence-corrected chi connectivity index (χ3v) is 8.72. The number of rotatable bonds is 4. The normalized spacial score (nSPS) is 21.5. The number of hydrogen-bond acceptors (Lipinski definition) is 8. The molecule has 216 valence electrons. The summed E-state index contributed by atoms with van der Waals surface area (Å²) >= 11 is 0. The number of H-pyrrole nitrogens is 1. The number of aromatic hydroxyl groups is 2. The number of Topliss-reactive ketones (excluding diaryl/α,β-unsaturated/α-hetero) is 2. The van der Waals surface area contributed by atoms with Gasteiger partial charge >= 0.3 is 0 Å². The SMILES string of the molecule is CC(=O)c1c(O)c(C)c(O)c2c1OC1=CC(=O)C(=C(C)NC3CCN(C(=O)c4cc5ccccc5[nH]4)CC3)C(=O)[C@@]12C. The van der Waals surface area contributed by atoms with Crippen molar-refractivity contribution in [1.29, 1.82) is 0 Å². The van der Waals surface area contributed by atoms with Crippen molar-refractivity contribution in [3.05, 3.63) is 75.8 Å². The van der Waals surface area contributed by atoms with Crippen LogP contribution in [0.4, 0.5) is 0 Å². The number of piperidine rings is 1. The smallest absolute Gasteiger partial charge is 0.270 e. The predicted molar refractivity (Wildman–Crippen MR) is 154 cm³/mol. The van der Waals surface area contributed by atoms with Crippen molar-refractivity contribution in [2.45, 2.75) is 52.0 Å². The highest BCUT2D eigenvalue weighted by molar-refractivity contribution is 6.31. The van der Waals surface area contributed by atoms with Gasteiger partial charge in [0.25, 0.3) is 5.91 Å². The lowest BCUT2D eigenvalue weighted by molar-refractivity contribution is -0.123. The molecule has 10 heteroatoms. The Morgan fingerprint density at radius 3 is 2.45 bits per heavy atom. The molecule has 0 bridgehead atoms.